The van der Waals surface area contributed by atoms with Gasteiger partial charge in [0.15, 0.2) is 11.5 Å². The monoisotopic (exact) mass is 315 g/mol. The summed E-state index contributed by atoms with van der Waals surface area (Å²) in [6.45, 7) is 4.16. The zero-order chi connectivity index (χ0) is 15.1. The molecule has 0 amide bonds. The van der Waals surface area contributed by atoms with Crippen molar-refractivity contribution in [3.63, 3.8) is 0 Å². The number of rotatable bonds is 3. The van der Waals surface area contributed by atoms with Crippen LogP contribution in [0.1, 0.15) is 6.92 Å². The van der Waals surface area contributed by atoms with Crippen LogP contribution in [0.25, 0.3) is 17.0 Å². The van der Waals surface area contributed by atoms with Crippen molar-refractivity contribution in [2.75, 3.05) is 24.6 Å². The van der Waals surface area contributed by atoms with Crippen molar-refractivity contribution in [2.24, 2.45) is 11.8 Å². The molecule has 22 heavy (non-hydrogen) atoms. The van der Waals surface area contributed by atoms with E-state index in [0.717, 1.165) is 35.9 Å². The van der Waals surface area contributed by atoms with Crippen molar-refractivity contribution in [3.05, 3.63) is 29.0 Å². The molecule has 114 valence electrons. The van der Waals surface area contributed by atoms with Gasteiger partial charge in [0.25, 0.3) is 0 Å². The molecule has 7 heteroatoms. The number of nitrogens with zero attached hydrogens (tertiary/aromatic N) is 5. The molecule has 1 aliphatic heterocycles. The molecule has 1 aliphatic rings. The molecule has 1 saturated heterocycles. The van der Waals surface area contributed by atoms with Crippen LogP contribution in [0.2, 0.25) is 0 Å². The second-order valence-corrected chi connectivity index (χ2v) is 6.60. The number of aliphatic hydroxyl groups is 1. The first-order chi connectivity index (χ1) is 10.8. The van der Waals surface area contributed by atoms with E-state index < -0.39 is 0 Å². The molecule has 3 aromatic heterocycles. The Balaban J connectivity index is 1.73. The third-order valence-electron chi connectivity index (χ3n) is 4.35. The van der Waals surface area contributed by atoms with Crippen molar-refractivity contribution in [1.82, 2.24) is 19.8 Å². The maximum absolute atomic E-state index is 9.44. The number of thiophene rings is 1. The largest absolute Gasteiger partial charge is 0.396 e. The highest BCUT2D eigenvalue weighted by Crippen LogP contribution is 2.27. The number of anilines is 1. The van der Waals surface area contributed by atoms with Gasteiger partial charge in [0.05, 0.1) is 0 Å². The fourth-order valence-electron chi connectivity index (χ4n) is 2.98. The Kier molecular flexibility index (Phi) is 3.31. The molecule has 1 N–H and O–H groups in total. The third-order valence-corrected chi connectivity index (χ3v) is 5.04. The Bertz CT molecular complexity index is 784. The first-order valence-corrected chi connectivity index (χ1v) is 8.31. The Labute approximate surface area is 132 Å². The van der Waals surface area contributed by atoms with Gasteiger partial charge >= 0.3 is 0 Å². The van der Waals surface area contributed by atoms with E-state index in [9.17, 15) is 5.11 Å². The predicted octanol–water partition coefficient (Wildman–Crippen LogP) is 1.92. The van der Waals surface area contributed by atoms with Crippen LogP contribution in [0.15, 0.2) is 29.0 Å². The summed E-state index contributed by atoms with van der Waals surface area (Å²) in [4.78, 5) is 2.22. The average Bonchev–Trinajstić information content (AvgIpc) is 3.25. The highest BCUT2D eigenvalue weighted by atomic mass is 32.1. The van der Waals surface area contributed by atoms with Crippen molar-refractivity contribution >= 4 is 22.8 Å². The van der Waals surface area contributed by atoms with Gasteiger partial charge in [0.1, 0.15) is 5.82 Å². The van der Waals surface area contributed by atoms with Gasteiger partial charge in [-0.3, -0.25) is 0 Å². The molecule has 0 radical (unpaired) electrons. The molecule has 0 aromatic carbocycles. The zero-order valence-electron chi connectivity index (χ0n) is 12.3. The van der Waals surface area contributed by atoms with Gasteiger partial charge in [0, 0.05) is 36.6 Å². The summed E-state index contributed by atoms with van der Waals surface area (Å²) in [5.41, 5.74) is 1.78. The van der Waals surface area contributed by atoms with Crippen LogP contribution in [0, 0.1) is 11.8 Å². The molecule has 0 saturated carbocycles. The predicted molar refractivity (Wildman–Crippen MR) is 86.0 cm³/mol. The summed E-state index contributed by atoms with van der Waals surface area (Å²) in [6.07, 6.45) is 0. The van der Waals surface area contributed by atoms with Gasteiger partial charge < -0.3 is 10.0 Å². The second-order valence-electron chi connectivity index (χ2n) is 5.82. The van der Waals surface area contributed by atoms with Gasteiger partial charge in [-0.2, -0.15) is 15.9 Å². The maximum atomic E-state index is 9.44. The lowest BCUT2D eigenvalue weighted by molar-refractivity contribution is 0.212. The van der Waals surface area contributed by atoms with E-state index in [-0.39, 0.29) is 6.61 Å². The molecule has 4 heterocycles. The summed E-state index contributed by atoms with van der Waals surface area (Å²) in [5, 5.41) is 26.7. The SMILES string of the molecule is C[C@@H]1CN(c2ccc3nnc(-c4ccsc4)n3n2)C[C@H]1CO. The smallest absolute Gasteiger partial charge is 0.186 e. The summed E-state index contributed by atoms with van der Waals surface area (Å²) >= 11 is 1.63. The number of fused-ring (bicyclic) bond motifs is 1. The minimum atomic E-state index is 0.229. The van der Waals surface area contributed by atoms with E-state index in [4.69, 9.17) is 5.10 Å². The molecule has 4 rings (SSSR count). The number of aliphatic hydroxyl groups excluding tert-OH is 1. The molecule has 3 aromatic rings. The highest BCUT2D eigenvalue weighted by molar-refractivity contribution is 7.08. The minimum absolute atomic E-state index is 0.229. The van der Waals surface area contributed by atoms with Crippen LogP contribution in [-0.2, 0) is 0 Å². The fraction of sp³-hybridized carbons (Fsp3) is 0.400. The number of aromatic nitrogens is 4. The van der Waals surface area contributed by atoms with E-state index in [0.29, 0.717) is 11.8 Å². The van der Waals surface area contributed by atoms with Crippen LogP contribution in [0.3, 0.4) is 0 Å². The van der Waals surface area contributed by atoms with Crippen molar-refractivity contribution in [2.45, 2.75) is 6.92 Å². The van der Waals surface area contributed by atoms with Gasteiger partial charge in [-0.15, -0.1) is 15.3 Å². The number of hydrogen-bond acceptors (Lipinski definition) is 6. The normalized spacial score (nSPS) is 21.8. The lowest BCUT2D eigenvalue weighted by Crippen LogP contribution is -2.22. The molecule has 0 aliphatic carbocycles. The Hall–Kier alpha value is -1.99. The van der Waals surface area contributed by atoms with Crippen molar-refractivity contribution in [1.29, 1.82) is 0 Å². The third kappa shape index (κ3) is 2.17. The number of hydrogen-bond donors (Lipinski definition) is 1. The van der Waals surface area contributed by atoms with Gasteiger partial charge in [-0.1, -0.05) is 6.92 Å². The van der Waals surface area contributed by atoms with E-state index >= 15 is 0 Å². The topological polar surface area (TPSA) is 66.6 Å². The first kappa shape index (κ1) is 13.7. The van der Waals surface area contributed by atoms with Crippen LogP contribution >= 0.6 is 11.3 Å². The van der Waals surface area contributed by atoms with E-state index in [1.54, 1.807) is 15.9 Å². The van der Waals surface area contributed by atoms with Crippen LogP contribution in [0.4, 0.5) is 5.82 Å². The first-order valence-electron chi connectivity index (χ1n) is 7.37. The van der Waals surface area contributed by atoms with Crippen LogP contribution in [-0.4, -0.2) is 44.6 Å². The molecule has 0 bridgehead atoms. The molecule has 1 fully saturated rings. The van der Waals surface area contributed by atoms with Gasteiger partial charge in [0.2, 0.25) is 0 Å². The van der Waals surface area contributed by atoms with E-state index in [2.05, 4.69) is 22.0 Å². The zero-order valence-corrected chi connectivity index (χ0v) is 13.1. The summed E-state index contributed by atoms with van der Waals surface area (Å²) < 4.78 is 1.80. The molecule has 0 spiro atoms. The van der Waals surface area contributed by atoms with Crippen molar-refractivity contribution < 1.29 is 5.11 Å². The summed E-state index contributed by atoms with van der Waals surface area (Å²) in [6, 6.07) is 5.95. The molecular formula is C15H17N5OS. The van der Waals surface area contributed by atoms with E-state index in [1.807, 2.05) is 29.0 Å². The average molecular weight is 315 g/mol. The molecule has 0 unspecified atom stereocenters. The Morgan fingerprint density at radius 2 is 2.18 bits per heavy atom. The van der Waals surface area contributed by atoms with E-state index in [1.165, 1.54) is 0 Å². The fourth-order valence-corrected chi connectivity index (χ4v) is 3.61. The molecular weight excluding hydrogens is 298 g/mol. The lowest BCUT2D eigenvalue weighted by atomic mass is 10.00. The highest BCUT2D eigenvalue weighted by Gasteiger charge is 2.30. The van der Waals surface area contributed by atoms with Crippen molar-refractivity contribution in [3.8, 4) is 11.4 Å². The van der Waals surface area contributed by atoms with Gasteiger partial charge in [-0.25, -0.2) is 0 Å². The minimum Gasteiger partial charge on any atom is -0.396 e. The second kappa shape index (κ2) is 5.33. The quantitative estimate of drug-likeness (QED) is 0.800. The Morgan fingerprint density at radius 1 is 1.27 bits per heavy atom. The standard InChI is InChI=1S/C15H17N5OS/c1-10-6-19(7-12(10)8-21)14-3-2-13-16-17-15(20(13)18-14)11-4-5-22-9-11/h2-5,9-10,12,21H,6-8H2,1H3/t10-,12+/m1/s1. The summed E-state index contributed by atoms with van der Waals surface area (Å²) in [5.74, 6) is 2.46. The lowest BCUT2D eigenvalue weighted by Gasteiger charge is -2.17. The van der Waals surface area contributed by atoms with Gasteiger partial charge in [-0.05, 0) is 29.5 Å². The van der Waals surface area contributed by atoms with Crippen LogP contribution in [0.5, 0.6) is 0 Å². The molecule has 6 nitrogen and oxygen atoms in total. The summed E-state index contributed by atoms with van der Waals surface area (Å²) in [7, 11) is 0. The Morgan fingerprint density at radius 3 is 2.91 bits per heavy atom. The maximum Gasteiger partial charge on any atom is 0.186 e. The van der Waals surface area contributed by atoms with Crippen LogP contribution < -0.4 is 4.90 Å². The molecule has 2 atom stereocenters.